The molecular formula is C19H15N3O4S. The lowest BCUT2D eigenvalue weighted by atomic mass is 10.1. The van der Waals surface area contributed by atoms with E-state index < -0.39 is 5.97 Å². The number of rotatable bonds is 5. The third-order valence-electron chi connectivity index (χ3n) is 3.97. The summed E-state index contributed by atoms with van der Waals surface area (Å²) >= 11 is 1.51. The number of aryl methyl sites for hydroxylation is 1. The molecule has 27 heavy (non-hydrogen) atoms. The molecule has 0 aliphatic rings. The summed E-state index contributed by atoms with van der Waals surface area (Å²) in [6.45, 7) is 1.66. The molecule has 0 atom stereocenters. The van der Waals surface area contributed by atoms with Crippen molar-refractivity contribution in [2.24, 2.45) is 0 Å². The van der Waals surface area contributed by atoms with Crippen LogP contribution in [0.5, 0.6) is 5.75 Å². The summed E-state index contributed by atoms with van der Waals surface area (Å²) in [5.41, 5.74) is 1.72. The van der Waals surface area contributed by atoms with Crippen LogP contribution < -0.4 is 4.74 Å². The summed E-state index contributed by atoms with van der Waals surface area (Å²) in [4.78, 5) is 22.1. The standard InChI is InChI=1S/C19H15N3O4S/c1-11-14(8-12-5-6-13(24-2)9-15(12)20-11)19(23)25-10-17-21-18(22-26-17)16-4-3-7-27-16/h3-9H,10H2,1-2H3. The minimum absolute atomic E-state index is 0.0999. The number of pyridine rings is 1. The summed E-state index contributed by atoms with van der Waals surface area (Å²) in [5, 5.41) is 6.65. The molecule has 1 aromatic carbocycles. The van der Waals surface area contributed by atoms with Crippen LogP contribution in [0.25, 0.3) is 21.6 Å². The number of nitrogens with zero attached hydrogens (tertiary/aromatic N) is 3. The molecule has 0 saturated carbocycles. The molecule has 0 N–H and O–H groups in total. The lowest BCUT2D eigenvalue weighted by molar-refractivity contribution is 0.0428. The maximum atomic E-state index is 12.5. The van der Waals surface area contributed by atoms with Crippen molar-refractivity contribution in [1.29, 1.82) is 0 Å². The molecule has 0 radical (unpaired) electrons. The normalized spacial score (nSPS) is 10.9. The monoisotopic (exact) mass is 381 g/mol. The second-order valence-electron chi connectivity index (χ2n) is 5.75. The van der Waals surface area contributed by atoms with Gasteiger partial charge in [-0.3, -0.25) is 4.98 Å². The molecule has 0 saturated heterocycles. The fourth-order valence-electron chi connectivity index (χ4n) is 2.60. The average molecular weight is 381 g/mol. The van der Waals surface area contributed by atoms with Gasteiger partial charge < -0.3 is 14.0 Å². The Bertz CT molecular complexity index is 1110. The van der Waals surface area contributed by atoms with Crippen LogP contribution in [-0.4, -0.2) is 28.2 Å². The van der Waals surface area contributed by atoms with E-state index in [1.165, 1.54) is 11.3 Å². The molecule has 4 rings (SSSR count). The van der Waals surface area contributed by atoms with E-state index in [1.807, 2.05) is 35.7 Å². The predicted molar refractivity (Wildman–Crippen MR) is 99.8 cm³/mol. The largest absolute Gasteiger partial charge is 0.497 e. The van der Waals surface area contributed by atoms with Crippen LogP contribution in [0.3, 0.4) is 0 Å². The number of ether oxygens (including phenoxy) is 2. The zero-order valence-corrected chi connectivity index (χ0v) is 15.4. The first kappa shape index (κ1) is 17.2. The third kappa shape index (κ3) is 3.52. The first-order valence-corrected chi connectivity index (χ1v) is 9.01. The average Bonchev–Trinajstić information content (AvgIpc) is 3.36. The molecule has 0 aliphatic heterocycles. The summed E-state index contributed by atoms with van der Waals surface area (Å²) < 4.78 is 15.7. The number of esters is 1. The van der Waals surface area contributed by atoms with E-state index in [2.05, 4.69) is 15.1 Å². The Morgan fingerprint density at radius 1 is 1.22 bits per heavy atom. The Balaban J connectivity index is 1.50. The van der Waals surface area contributed by atoms with Gasteiger partial charge in [0.05, 0.1) is 28.8 Å². The number of thiophene rings is 1. The highest BCUT2D eigenvalue weighted by molar-refractivity contribution is 7.13. The van der Waals surface area contributed by atoms with Crippen molar-refractivity contribution < 1.29 is 18.8 Å². The molecule has 8 heteroatoms. The van der Waals surface area contributed by atoms with Crippen molar-refractivity contribution in [1.82, 2.24) is 15.1 Å². The number of fused-ring (bicyclic) bond motifs is 1. The van der Waals surface area contributed by atoms with Gasteiger partial charge in [-0.1, -0.05) is 11.2 Å². The molecule has 0 bridgehead atoms. The van der Waals surface area contributed by atoms with Crippen molar-refractivity contribution >= 4 is 28.2 Å². The topological polar surface area (TPSA) is 87.3 Å². The second-order valence-corrected chi connectivity index (χ2v) is 6.69. The Morgan fingerprint density at radius 3 is 2.89 bits per heavy atom. The summed E-state index contributed by atoms with van der Waals surface area (Å²) in [5.74, 6) is 0.938. The van der Waals surface area contributed by atoms with Crippen LogP contribution in [0.2, 0.25) is 0 Å². The Kier molecular flexibility index (Phi) is 4.55. The smallest absolute Gasteiger partial charge is 0.340 e. The fourth-order valence-corrected chi connectivity index (χ4v) is 3.25. The summed E-state index contributed by atoms with van der Waals surface area (Å²) in [7, 11) is 1.60. The van der Waals surface area contributed by atoms with Crippen LogP contribution in [0.1, 0.15) is 21.9 Å². The van der Waals surface area contributed by atoms with Gasteiger partial charge in [-0.15, -0.1) is 11.3 Å². The lowest BCUT2D eigenvalue weighted by Crippen LogP contribution is -2.08. The molecule has 4 aromatic rings. The van der Waals surface area contributed by atoms with E-state index >= 15 is 0 Å². The van der Waals surface area contributed by atoms with E-state index in [-0.39, 0.29) is 12.5 Å². The maximum Gasteiger partial charge on any atom is 0.340 e. The number of hydrogen-bond acceptors (Lipinski definition) is 8. The van der Waals surface area contributed by atoms with Crippen molar-refractivity contribution in [2.45, 2.75) is 13.5 Å². The van der Waals surface area contributed by atoms with Crippen molar-refractivity contribution in [3.8, 4) is 16.5 Å². The summed E-state index contributed by atoms with van der Waals surface area (Å²) in [6.07, 6.45) is 0. The number of aromatic nitrogens is 3. The number of benzene rings is 1. The quantitative estimate of drug-likeness (QED) is 0.483. The van der Waals surface area contributed by atoms with Gasteiger partial charge in [-0.2, -0.15) is 4.98 Å². The van der Waals surface area contributed by atoms with Crippen LogP contribution in [0, 0.1) is 6.92 Å². The zero-order valence-electron chi connectivity index (χ0n) is 14.6. The highest BCUT2D eigenvalue weighted by atomic mass is 32.1. The van der Waals surface area contributed by atoms with Crippen LogP contribution in [0.15, 0.2) is 46.3 Å². The van der Waals surface area contributed by atoms with E-state index in [0.29, 0.717) is 22.8 Å². The molecule has 0 amide bonds. The molecule has 136 valence electrons. The highest BCUT2D eigenvalue weighted by Crippen LogP contribution is 2.23. The lowest BCUT2D eigenvalue weighted by Gasteiger charge is -2.08. The number of methoxy groups -OCH3 is 1. The summed E-state index contributed by atoms with van der Waals surface area (Å²) in [6, 6.07) is 11.0. The van der Waals surface area contributed by atoms with Gasteiger partial charge in [-0.05, 0) is 36.6 Å². The van der Waals surface area contributed by atoms with Gasteiger partial charge in [-0.25, -0.2) is 4.79 Å². The third-order valence-corrected chi connectivity index (χ3v) is 4.84. The van der Waals surface area contributed by atoms with Crippen molar-refractivity contribution in [3.63, 3.8) is 0 Å². The van der Waals surface area contributed by atoms with Gasteiger partial charge in [0.15, 0.2) is 6.61 Å². The number of carbonyl (C=O) groups is 1. The van der Waals surface area contributed by atoms with E-state index in [0.717, 1.165) is 15.8 Å². The minimum atomic E-state index is -0.492. The first-order valence-electron chi connectivity index (χ1n) is 8.13. The van der Waals surface area contributed by atoms with Crippen molar-refractivity contribution in [2.75, 3.05) is 7.11 Å². The van der Waals surface area contributed by atoms with Crippen LogP contribution in [0.4, 0.5) is 0 Å². The Hall–Kier alpha value is -3.26. The SMILES string of the molecule is COc1ccc2cc(C(=O)OCc3nc(-c4cccs4)no3)c(C)nc2c1. The Morgan fingerprint density at radius 2 is 2.11 bits per heavy atom. The van der Waals surface area contributed by atoms with E-state index in [1.54, 1.807) is 20.1 Å². The maximum absolute atomic E-state index is 12.5. The molecule has 0 aliphatic carbocycles. The number of carbonyl (C=O) groups excluding carboxylic acids is 1. The Labute approximate surface area is 158 Å². The second kappa shape index (κ2) is 7.16. The molecule has 0 unspecified atom stereocenters. The highest BCUT2D eigenvalue weighted by Gasteiger charge is 2.16. The zero-order chi connectivity index (χ0) is 18.8. The van der Waals surface area contributed by atoms with Gasteiger partial charge in [0.1, 0.15) is 5.75 Å². The molecule has 7 nitrogen and oxygen atoms in total. The van der Waals surface area contributed by atoms with Crippen LogP contribution in [-0.2, 0) is 11.3 Å². The van der Waals surface area contributed by atoms with Gasteiger partial charge in [0.25, 0.3) is 5.89 Å². The van der Waals surface area contributed by atoms with Crippen molar-refractivity contribution in [3.05, 3.63) is 58.9 Å². The molecular weight excluding hydrogens is 366 g/mol. The van der Waals surface area contributed by atoms with E-state index in [9.17, 15) is 4.79 Å². The van der Waals surface area contributed by atoms with E-state index in [4.69, 9.17) is 14.0 Å². The van der Waals surface area contributed by atoms with Gasteiger partial charge in [0.2, 0.25) is 5.82 Å². The first-order chi connectivity index (χ1) is 13.1. The minimum Gasteiger partial charge on any atom is -0.497 e. The predicted octanol–water partition coefficient (Wildman–Crippen LogP) is 4.02. The van der Waals surface area contributed by atoms with Gasteiger partial charge in [0, 0.05) is 11.5 Å². The van der Waals surface area contributed by atoms with Crippen LogP contribution >= 0.6 is 11.3 Å². The molecule has 0 fully saturated rings. The molecule has 3 heterocycles. The number of hydrogen-bond donors (Lipinski definition) is 0. The van der Waals surface area contributed by atoms with Gasteiger partial charge >= 0.3 is 5.97 Å². The molecule has 0 spiro atoms. The fraction of sp³-hybridized carbons (Fsp3) is 0.158. The molecule has 3 aromatic heterocycles.